The molecule has 0 rings (SSSR count). The van der Waals surface area contributed by atoms with Crippen molar-refractivity contribution in [2.45, 2.75) is 129 Å². The van der Waals surface area contributed by atoms with Crippen LogP contribution in [0.15, 0.2) is 12.7 Å². The maximum Gasteiger partial charge on any atom is -0.0353 e. The normalized spacial score (nSPS) is 12.4. The zero-order valence-electron chi connectivity index (χ0n) is 16.6. The molecule has 0 heteroatoms. The molecule has 1 atom stereocenters. The van der Waals surface area contributed by atoms with E-state index in [1.165, 1.54) is 116 Å². The summed E-state index contributed by atoms with van der Waals surface area (Å²) in [6, 6.07) is 0. The molecule has 0 saturated heterocycles. The molecule has 0 spiro atoms. The fourth-order valence-corrected chi connectivity index (χ4v) is 3.55. The second kappa shape index (κ2) is 19.8. The maximum atomic E-state index is 3.82. The summed E-state index contributed by atoms with van der Waals surface area (Å²) in [5.41, 5.74) is 0. The van der Waals surface area contributed by atoms with Crippen LogP contribution in [-0.4, -0.2) is 0 Å². The van der Waals surface area contributed by atoms with Gasteiger partial charge in [0.15, 0.2) is 0 Å². The van der Waals surface area contributed by atoms with Crippen LogP contribution in [0.4, 0.5) is 0 Å². The van der Waals surface area contributed by atoms with Crippen molar-refractivity contribution in [3.8, 4) is 0 Å². The van der Waals surface area contributed by atoms with Crippen LogP contribution < -0.4 is 0 Å². The monoisotopic (exact) mass is 322 g/mol. The topological polar surface area (TPSA) is 0 Å². The fraction of sp³-hybridized carbons (Fsp3) is 0.913. The molecule has 0 aliphatic heterocycles. The van der Waals surface area contributed by atoms with E-state index in [4.69, 9.17) is 0 Å². The lowest BCUT2D eigenvalue weighted by Crippen LogP contribution is -1.98. The summed E-state index contributed by atoms with van der Waals surface area (Å²) in [5.74, 6) is 0.975. The smallest absolute Gasteiger partial charge is 0.0353 e. The molecule has 23 heavy (non-hydrogen) atoms. The molecular weight excluding hydrogens is 276 g/mol. The highest BCUT2D eigenvalue weighted by atomic mass is 14.1. The van der Waals surface area contributed by atoms with Crippen LogP contribution in [0.3, 0.4) is 0 Å². The third-order valence-corrected chi connectivity index (χ3v) is 5.31. The molecule has 1 unspecified atom stereocenters. The second-order valence-corrected chi connectivity index (χ2v) is 7.53. The molecule has 0 aromatic rings. The molecule has 0 radical (unpaired) electrons. The maximum absolute atomic E-state index is 3.82. The highest BCUT2D eigenvalue weighted by molar-refractivity contribution is 4.67. The summed E-state index contributed by atoms with van der Waals surface area (Å²) in [4.78, 5) is 0. The Bertz CT molecular complexity index is 218. The van der Waals surface area contributed by atoms with Gasteiger partial charge in [-0.2, -0.15) is 0 Å². The first-order chi connectivity index (χ1) is 11.3. The largest absolute Gasteiger partial charge is 0.103 e. The number of rotatable bonds is 19. The lowest BCUT2D eigenvalue weighted by Gasteiger charge is -2.13. The van der Waals surface area contributed by atoms with Crippen molar-refractivity contribution in [2.24, 2.45) is 5.92 Å². The van der Waals surface area contributed by atoms with E-state index in [1.807, 2.05) is 0 Å². The second-order valence-electron chi connectivity index (χ2n) is 7.53. The molecular formula is C23H46. The SMILES string of the molecule is C=CCCCC(CC)CCCCCCCCCCCCCCC. The fourth-order valence-electron chi connectivity index (χ4n) is 3.55. The summed E-state index contributed by atoms with van der Waals surface area (Å²) in [6.45, 7) is 8.48. The van der Waals surface area contributed by atoms with Crippen molar-refractivity contribution in [3.63, 3.8) is 0 Å². The molecule has 0 N–H and O–H groups in total. The minimum Gasteiger partial charge on any atom is -0.103 e. The van der Waals surface area contributed by atoms with E-state index in [0.717, 1.165) is 5.92 Å². The predicted octanol–water partition coefficient (Wildman–Crippen LogP) is 8.85. The van der Waals surface area contributed by atoms with Crippen LogP contribution in [0.25, 0.3) is 0 Å². The zero-order chi connectivity index (χ0) is 17.0. The van der Waals surface area contributed by atoms with Crippen LogP contribution in [0.2, 0.25) is 0 Å². The Morgan fingerprint density at radius 1 is 0.609 bits per heavy atom. The highest BCUT2D eigenvalue weighted by Crippen LogP contribution is 2.21. The first-order valence-corrected chi connectivity index (χ1v) is 11.0. The van der Waals surface area contributed by atoms with Crippen molar-refractivity contribution in [1.29, 1.82) is 0 Å². The summed E-state index contributed by atoms with van der Waals surface area (Å²) in [7, 11) is 0. The van der Waals surface area contributed by atoms with Gasteiger partial charge in [0.25, 0.3) is 0 Å². The first kappa shape index (κ1) is 22.7. The summed E-state index contributed by atoms with van der Waals surface area (Å²) >= 11 is 0. The Balaban J connectivity index is 3.18. The van der Waals surface area contributed by atoms with E-state index in [-0.39, 0.29) is 0 Å². The highest BCUT2D eigenvalue weighted by Gasteiger charge is 2.05. The van der Waals surface area contributed by atoms with Gasteiger partial charge in [-0.05, 0) is 18.8 Å². The molecule has 138 valence electrons. The summed E-state index contributed by atoms with van der Waals surface area (Å²) < 4.78 is 0. The molecule has 0 amide bonds. The van der Waals surface area contributed by atoms with E-state index in [0.29, 0.717) is 0 Å². The van der Waals surface area contributed by atoms with Crippen molar-refractivity contribution < 1.29 is 0 Å². The minimum absolute atomic E-state index is 0.975. The van der Waals surface area contributed by atoms with Gasteiger partial charge in [0.2, 0.25) is 0 Å². The van der Waals surface area contributed by atoms with Crippen LogP contribution in [0, 0.1) is 5.92 Å². The van der Waals surface area contributed by atoms with Gasteiger partial charge >= 0.3 is 0 Å². The van der Waals surface area contributed by atoms with Crippen molar-refractivity contribution >= 4 is 0 Å². The molecule has 0 aliphatic rings. The van der Waals surface area contributed by atoms with Crippen LogP contribution in [0.5, 0.6) is 0 Å². The number of hydrogen-bond acceptors (Lipinski definition) is 0. The third-order valence-electron chi connectivity index (χ3n) is 5.31. The van der Waals surface area contributed by atoms with Gasteiger partial charge in [-0.3, -0.25) is 0 Å². The van der Waals surface area contributed by atoms with Crippen molar-refractivity contribution in [1.82, 2.24) is 0 Å². The predicted molar refractivity (Wildman–Crippen MR) is 108 cm³/mol. The molecule has 0 nitrogen and oxygen atoms in total. The lowest BCUT2D eigenvalue weighted by molar-refractivity contribution is 0.402. The summed E-state index contributed by atoms with van der Waals surface area (Å²) in [6.07, 6.45) is 27.9. The third kappa shape index (κ3) is 17.9. The van der Waals surface area contributed by atoms with Gasteiger partial charge in [-0.1, -0.05) is 123 Å². The first-order valence-electron chi connectivity index (χ1n) is 11.0. The quantitative estimate of drug-likeness (QED) is 0.164. The van der Waals surface area contributed by atoms with Crippen LogP contribution in [-0.2, 0) is 0 Å². The van der Waals surface area contributed by atoms with Crippen molar-refractivity contribution in [2.75, 3.05) is 0 Å². The Kier molecular flexibility index (Phi) is 19.6. The molecule has 0 saturated carbocycles. The average Bonchev–Trinajstić information content (AvgIpc) is 2.57. The minimum atomic E-state index is 0.975. The molecule has 0 aromatic carbocycles. The number of unbranched alkanes of at least 4 members (excludes halogenated alkanes) is 13. The average molecular weight is 323 g/mol. The number of hydrogen-bond donors (Lipinski definition) is 0. The van der Waals surface area contributed by atoms with Gasteiger partial charge in [0.1, 0.15) is 0 Å². The van der Waals surface area contributed by atoms with E-state index in [2.05, 4.69) is 26.5 Å². The van der Waals surface area contributed by atoms with Gasteiger partial charge in [0.05, 0.1) is 0 Å². The zero-order valence-corrected chi connectivity index (χ0v) is 16.6. The molecule has 0 aliphatic carbocycles. The Morgan fingerprint density at radius 2 is 1.04 bits per heavy atom. The Labute approximate surface area is 148 Å². The van der Waals surface area contributed by atoms with E-state index >= 15 is 0 Å². The molecule has 0 aromatic heterocycles. The molecule has 0 heterocycles. The summed E-state index contributed by atoms with van der Waals surface area (Å²) in [5, 5.41) is 0. The van der Waals surface area contributed by atoms with Gasteiger partial charge in [-0.25, -0.2) is 0 Å². The standard InChI is InChI=1S/C23H46/c1-4-7-9-10-11-12-13-14-15-16-17-18-20-22-23(6-3)21-19-8-5-2/h5,23H,2,4,6-22H2,1,3H3. The Hall–Kier alpha value is -0.260. The number of allylic oxidation sites excluding steroid dienone is 1. The van der Waals surface area contributed by atoms with Gasteiger partial charge in [-0.15, -0.1) is 6.58 Å². The lowest BCUT2D eigenvalue weighted by atomic mass is 9.93. The Morgan fingerprint density at radius 3 is 1.48 bits per heavy atom. The molecule has 0 fully saturated rings. The van der Waals surface area contributed by atoms with Crippen LogP contribution in [0.1, 0.15) is 129 Å². The van der Waals surface area contributed by atoms with Gasteiger partial charge < -0.3 is 0 Å². The van der Waals surface area contributed by atoms with Crippen molar-refractivity contribution in [3.05, 3.63) is 12.7 Å². The van der Waals surface area contributed by atoms with Gasteiger partial charge in [0, 0.05) is 0 Å². The molecule has 0 bridgehead atoms. The van der Waals surface area contributed by atoms with E-state index in [9.17, 15) is 0 Å². The van der Waals surface area contributed by atoms with E-state index in [1.54, 1.807) is 0 Å². The van der Waals surface area contributed by atoms with E-state index < -0.39 is 0 Å². The van der Waals surface area contributed by atoms with Crippen LogP contribution >= 0.6 is 0 Å².